The lowest BCUT2D eigenvalue weighted by molar-refractivity contribution is 0.258. The molecule has 0 saturated heterocycles. The number of nitrogens with zero attached hydrogens (tertiary/aromatic N) is 1. The average molecular weight is 296 g/mol. The smallest absolute Gasteiger partial charge is 0.307 e. The molecule has 3 heteroatoms. The van der Waals surface area contributed by atoms with Crippen LogP contribution in [0.25, 0.3) is 0 Å². The van der Waals surface area contributed by atoms with Gasteiger partial charge < -0.3 is 5.32 Å². The molecular formula is C19H24N2O. The molecule has 0 bridgehead atoms. The van der Waals surface area contributed by atoms with Gasteiger partial charge in [-0.2, -0.15) is 0 Å². The monoisotopic (exact) mass is 296 g/mol. The van der Waals surface area contributed by atoms with Crippen molar-refractivity contribution in [3.63, 3.8) is 0 Å². The molecule has 1 N–H and O–H groups in total. The number of hydrogen-bond donors (Lipinski definition) is 1. The Hall–Kier alpha value is -2.29. The van der Waals surface area contributed by atoms with E-state index in [9.17, 15) is 4.79 Å². The SMILES string of the molecule is Cc1ccccc1N(C)C(=O)Nc1ccccc1C(C)(C)C. The Morgan fingerprint density at radius 3 is 2.23 bits per heavy atom. The molecule has 0 heterocycles. The van der Waals surface area contributed by atoms with Crippen molar-refractivity contribution in [3.05, 3.63) is 59.7 Å². The molecule has 116 valence electrons. The normalized spacial score (nSPS) is 11.1. The largest absolute Gasteiger partial charge is 0.326 e. The number of amides is 2. The van der Waals surface area contributed by atoms with Crippen LogP contribution in [0.4, 0.5) is 16.2 Å². The highest BCUT2D eigenvalue weighted by molar-refractivity contribution is 6.02. The van der Waals surface area contributed by atoms with Gasteiger partial charge in [0, 0.05) is 18.4 Å². The minimum Gasteiger partial charge on any atom is -0.307 e. The molecule has 2 rings (SSSR count). The van der Waals surface area contributed by atoms with Crippen molar-refractivity contribution in [1.82, 2.24) is 0 Å². The van der Waals surface area contributed by atoms with Crippen LogP contribution in [0.5, 0.6) is 0 Å². The topological polar surface area (TPSA) is 32.3 Å². The molecular weight excluding hydrogens is 272 g/mol. The number of anilines is 2. The highest BCUT2D eigenvalue weighted by Gasteiger charge is 2.20. The summed E-state index contributed by atoms with van der Waals surface area (Å²) in [5, 5.41) is 3.03. The van der Waals surface area contributed by atoms with Crippen molar-refractivity contribution in [2.24, 2.45) is 0 Å². The molecule has 2 aromatic carbocycles. The van der Waals surface area contributed by atoms with Gasteiger partial charge in [0.1, 0.15) is 0 Å². The van der Waals surface area contributed by atoms with E-state index in [4.69, 9.17) is 0 Å². The minimum absolute atomic E-state index is 0.0227. The van der Waals surface area contributed by atoms with E-state index in [0.29, 0.717) is 0 Å². The van der Waals surface area contributed by atoms with Gasteiger partial charge in [-0.15, -0.1) is 0 Å². The quantitative estimate of drug-likeness (QED) is 0.834. The maximum atomic E-state index is 12.6. The fraction of sp³-hybridized carbons (Fsp3) is 0.316. The molecule has 0 radical (unpaired) electrons. The highest BCUT2D eigenvalue weighted by atomic mass is 16.2. The fourth-order valence-electron chi connectivity index (χ4n) is 2.49. The number of carbonyl (C=O) groups excluding carboxylic acids is 1. The summed E-state index contributed by atoms with van der Waals surface area (Å²) in [5.41, 5.74) is 3.95. The first-order chi connectivity index (χ1) is 10.3. The highest BCUT2D eigenvalue weighted by Crippen LogP contribution is 2.29. The van der Waals surface area contributed by atoms with E-state index in [1.54, 1.807) is 11.9 Å². The van der Waals surface area contributed by atoms with E-state index in [1.165, 1.54) is 0 Å². The fourth-order valence-corrected chi connectivity index (χ4v) is 2.49. The van der Waals surface area contributed by atoms with Crippen LogP contribution in [0, 0.1) is 6.92 Å². The van der Waals surface area contributed by atoms with Crippen LogP contribution in [0.2, 0.25) is 0 Å². The zero-order valence-corrected chi connectivity index (χ0v) is 14.0. The maximum Gasteiger partial charge on any atom is 0.326 e. The Kier molecular flexibility index (Phi) is 4.55. The third kappa shape index (κ3) is 3.48. The third-order valence-corrected chi connectivity index (χ3v) is 3.76. The summed E-state index contributed by atoms with van der Waals surface area (Å²) in [4.78, 5) is 14.2. The molecule has 0 aromatic heterocycles. The van der Waals surface area contributed by atoms with Gasteiger partial charge >= 0.3 is 6.03 Å². The number of urea groups is 1. The van der Waals surface area contributed by atoms with Crippen molar-refractivity contribution >= 4 is 17.4 Å². The molecule has 0 aliphatic heterocycles. The van der Waals surface area contributed by atoms with Gasteiger partial charge in [0.25, 0.3) is 0 Å². The number of aryl methyl sites for hydroxylation is 1. The van der Waals surface area contributed by atoms with E-state index >= 15 is 0 Å². The molecule has 0 unspecified atom stereocenters. The number of rotatable bonds is 2. The molecule has 0 aliphatic carbocycles. The van der Waals surface area contributed by atoms with Crippen LogP contribution < -0.4 is 10.2 Å². The van der Waals surface area contributed by atoms with Gasteiger partial charge in [0.05, 0.1) is 0 Å². The molecule has 2 amide bonds. The summed E-state index contributed by atoms with van der Waals surface area (Å²) in [6, 6.07) is 15.7. The second kappa shape index (κ2) is 6.22. The van der Waals surface area contributed by atoms with Crippen LogP contribution in [-0.4, -0.2) is 13.1 Å². The Labute approximate surface area is 133 Å². The lowest BCUT2D eigenvalue weighted by atomic mass is 9.86. The average Bonchev–Trinajstić information content (AvgIpc) is 2.46. The lowest BCUT2D eigenvalue weighted by Crippen LogP contribution is -2.32. The van der Waals surface area contributed by atoms with Crippen molar-refractivity contribution in [2.75, 3.05) is 17.3 Å². The summed E-state index contributed by atoms with van der Waals surface area (Å²) >= 11 is 0. The molecule has 0 spiro atoms. The van der Waals surface area contributed by atoms with Gasteiger partial charge in [0.15, 0.2) is 0 Å². The van der Waals surface area contributed by atoms with E-state index in [1.807, 2.05) is 49.4 Å². The van der Waals surface area contributed by atoms with Crippen LogP contribution in [0.15, 0.2) is 48.5 Å². The number of para-hydroxylation sites is 2. The second-order valence-electron chi connectivity index (χ2n) is 6.57. The van der Waals surface area contributed by atoms with Crippen molar-refractivity contribution in [3.8, 4) is 0 Å². The van der Waals surface area contributed by atoms with Gasteiger partial charge in [-0.1, -0.05) is 57.2 Å². The number of nitrogens with one attached hydrogen (secondary N) is 1. The van der Waals surface area contributed by atoms with E-state index < -0.39 is 0 Å². The lowest BCUT2D eigenvalue weighted by Gasteiger charge is -2.25. The third-order valence-electron chi connectivity index (χ3n) is 3.76. The molecule has 22 heavy (non-hydrogen) atoms. The molecule has 0 aliphatic rings. The summed E-state index contributed by atoms with van der Waals surface area (Å²) < 4.78 is 0. The molecule has 2 aromatic rings. The number of carbonyl (C=O) groups is 1. The van der Waals surface area contributed by atoms with Crippen molar-refractivity contribution < 1.29 is 4.79 Å². The first-order valence-corrected chi connectivity index (χ1v) is 7.50. The van der Waals surface area contributed by atoms with E-state index in [0.717, 1.165) is 22.5 Å². The zero-order valence-electron chi connectivity index (χ0n) is 14.0. The predicted molar refractivity (Wildman–Crippen MR) is 93.7 cm³/mol. The Morgan fingerprint density at radius 2 is 1.59 bits per heavy atom. The van der Waals surface area contributed by atoms with Gasteiger partial charge in [-0.25, -0.2) is 4.79 Å². The van der Waals surface area contributed by atoms with Gasteiger partial charge in [0.2, 0.25) is 0 Å². The Bertz CT molecular complexity index is 671. The summed E-state index contributed by atoms with van der Waals surface area (Å²) in [6.07, 6.45) is 0. The van der Waals surface area contributed by atoms with E-state index in [-0.39, 0.29) is 11.4 Å². The Morgan fingerprint density at radius 1 is 1.00 bits per heavy atom. The number of benzene rings is 2. The molecule has 0 saturated carbocycles. The predicted octanol–water partition coefficient (Wildman–Crippen LogP) is 4.96. The van der Waals surface area contributed by atoms with Crippen LogP contribution >= 0.6 is 0 Å². The minimum atomic E-state index is -0.133. The maximum absolute atomic E-state index is 12.6. The van der Waals surface area contributed by atoms with Crippen LogP contribution in [0.1, 0.15) is 31.9 Å². The standard InChI is InChI=1S/C19H24N2O/c1-14-10-6-9-13-17(14)21(5)18(22)20-16-12-8-7-11-15(16)19(2,3)4/h6-13H,1-5H3,(H,20,22). The van der Waals surface area contributed by atoms with Gasteiger partial charge in [-0.05, 0) is 35.6 Å². The molecule has 3 nitrogen and oxygen atoms in total. The molecule has 0 atom stereocenters. The van der Waals surface area contributed by atoms with Crippen LogP contribution in [0.3, 0.4) is 0 Å². The number of hydrogen-bond acceptors (Lipinski definition) is 1. The summed E-state index contributed by atoms with van der Waals surface area (Å²) in [6.45, 7) is 8.43. The zero-order chi connectivity index (χ0) is 16.3. The summed E-state index contributed by atoms with van der Waals surface area (Å²) in [7, 11) is 1.79. The van der Waals surface area contributed by atoms with Crippen molar-refractivity contribution in [1.29, 1.82) is 0 Å². The van der Waals surface area contributed by atoms with Crippen molar-refractivity contribution in [2.45, 2.75) is 33.1 Å². The second-order valence-corrected chi connectivity index (χ2v) is 6.57. The summed E-state index contributed by atoms with van der Waals surface area (Å²) in [5.74, 6) is 0. The molecule has 0 fully saturated rings. The first-order valence-electron chi connectivity index (χ1n) is 7.50. The first kappa shape index (κ1) is 16.1. The van der Waals surface area contributed by atoms with E-state index in [2.05, 4.69) is 32.2 Å². The Balaban J connectivity index is 2.25. The van der Waals surface area contributed by atoms with Crippen LogP contribution in [-0.2, 0) is 5.41 Å². The van der Waals surface area contributed by atoms with Gasteiger partial charge in [-0.3, -0.25) is 4.90 Å².